The van der Waals surface area contributed by atoms with Crippen LogP contribution in [-0.4, -0.2) is 68.9 Å². The first-order valence-corrected chi connectivity index (χ1v) is 12.5. The number of aliphatic imine (C=N–C) groups is 1. The second kappa shape index (κ2) is 7.23. The standard InChI is InChI=1S/C21H27FN4O4S/c1-21(2,31(3,27)28)18-17-20(26-8-9-29-10-12(26)11-30-17)25-19(24-18)14-4-5-15(22)16-13(14)6-7-23-16/h6-7,12-15H,4-5,8-11H2,1-3H3/t12-,13?,14?,15?/m0/s1. The van der Waals surface area contributed by atoms with E-state index in [0.717, 1.165) is 0 Å². The number of hydrogen-bond acceptors (Lipinski definition) is 8. The largest absolute Gasteiger partial charge is 0.486 e. The maximum atomic E-state index is 14.4. The van der Waals surface area contributed by atoms with Crippen LogP contribution in [0.25, 0.3) is 0 Å². The van der Waals surface area contributed by atoms with E-state index in [2.05, 4.69) is 9.89 Å². The van der Waals surface area contributed by atoms with E-state index in [4.69, 9.17) is 19.4 Å². The van der Waals surface area contributed by atoms with Gasteiger partial charge in [-0.15, -0.1) is 0 Å². The van der Waals surface area contributed by atoms with Crippen LogP contribution >= 0.6 is 0 Å². The molecule has 0 amide bonds. The second-order valence-corrected chi connectivity index (χ2v) is 11.7. The summed E-state index contributed by atoms with van der Waals surface area (Å²) < 4.78 is 50.2. The summed E-state index contributed by atoms with van der Waals surface area (Å²) in [7, 11) is -3.50. The van der Waals surface area contributed by atoms with Crippen molar-refractivity contribution >= 4 is 21.4 Å². The van der Waals surface area contributed by atoms with Crippen molar-refractivity contribution in [3.8, 4) is 5.75 Å². The van der Waals surface area contributed by atoms with Gasteiger partial charge in [-0.3, -0.25) is 4.99 Å². The highest BCUT2D eigenvalue weighted by atomic mass is 32.2. The molecule has 0 spiro atoms. The van der Waals surface area contributed by atoms with Crippen molar-refractivity contribution in [1.29, 1.82) is 0 Å². The Hall–Kier alpha value is -2.07. The highest BCUT2D eigenvalue weighted by molar-refractivity contribution is 7.91. The van der Waals surface area contributed by atoms with Gasteiger partial charge in [-0.25, -0.2) is 22.8 Å². The van der Waals surface area contributed by atoms with Crippen molar-refractivity contribution < 1.29 is 22.3 Å². The van der Waals surface area contributed by atoms with E-state index in [1.54, 1.807) is 20.0 Å². The molecule has 8 nitrogen and oxygen atoms in total. The molecule has 1 saturated heterocycles. The number of sulfone groups is 1. The fourth-order valence-corrected chi connectivity index (χ4v) is 5.25. The number of morpholine rings is 1. The summed E-state index contributed by atoms with van der Waals surface area (Å²) in [5.41, 5.74) is 0.879. The molecule has 4 atom stereocenters. The summed E-state index contributed by atoms with van der Waals surface area (Å²) in [6.07, 6.45) is 4.60. The van der Waals surface area contributed by atoms with Crippen molar-refractivity contribution in [1.82, 2.24) is 9.97 Å². The Balaban J connectivity index is 1.67. The number of fused-ring (bicyclic) bond motifs is 4. The monoisotopic (exact) mass is 450 g/mol. The van der Waals surface area contributed by atoms with Crippen LogP contribution in [0.3, 0.4) is 0 Å². The predicted octanol–water partition coefficient (Wildman–Crippen LogP) is 2.15. The van der Waals surface area contributed by atoms with Crippen LogP contribution in [0.1, 0.15) is 44.1 Å². The van der Waals surface area contributed by atoms with Crippen LogP contribution in [0, 0.1) is 5.92 Å². The molecule has 0 radical (unpaired) electrons. The van der Waals surface area contributed by atoms with Gasteiger partial charge >= 0.3 is 0 Å². The Labute approximate surface area is 181 Å². The van der Waals surface area contributed by atoms with Crippen LogP contribution < -0.4 is 9.64 Å². The molecular formula is C21H27FN4O4S. The third kappa shape index (κ3) is 3.26. The minimum atomic E-state index is -3.50. The molecule has 4 aliphatic rings. The zero-order valence-electron chi connectivity index (χ0n) is 17.9. The Morgan fingerprint density at radius 1 is 1.23 bits per heavy atom. The fraction of sp³-hybridized carbons (Fsp3) is 0.667. The highest BCUT2D eigenvalue weighted by Gasteiger charge is 2.45. The molecule has 5 rings (SSSR count). The molecule has 1 aromatic rings. The molecule has 31 heavy (non-hydrogen) atoms. The summed E-state index contributed by atoms with van der Waals surface area (Å²) in [4.78, 5) is 16.0. The van der Waals surface area contributed by atoms with Gasteiger partial charge in [0.15, 0.2) is 21.4 Å². The maximum absolute atomic E-state index is 14.4. The quantitative estimate of drug-likeness (QED) is 0.696. The van der Waals surface area contributed by atoms with Gasteiger partial charge in [-0.1, -0.05) is 6.08 Å². The lowest BCUT2D eigenvalue weighted by Gasteiger charge is -2.42. The van der Waals surface area contributed by atoms with E-state index >= 15 is 0 Å². The minimum Gasteiger partial charge on any atom is -0.486 e. The van der Waals surface area contributed by atoms with E-state index in [1.807, 2.05) is 6.08 Å². The molecule has 2 fully saturated rings. The first-order valence-electron chi connectivity index (χ1n) is 10.7. The third-order valence-corrected chi connectivity index (χ3v) is 9.00. The molecule has 3 aliphatic heterocycles. The average Bonchev–Trinajstić information content (AvgIpc) is 3.23. The number of rotatable bonds is 3. The number of aromatic nitrogens is 2. The topological polar surface area (TPSA) is 94.0 Å². The molecular weight excluding hydrogens is 423 g/mol. The van der Waals surface area contributed by atoms with Crippen molar-refractivity contribution in [2.75, 3.05) is 37.5 Å². The predicted molar refractivity (Wildman–Crippen MR) is 114 cm³/mol. The Morgan fingerprint density at radius 3 is 2.81 bits per heavy atom. The number of nitrogens with zero attached hydrogens (tertiary/aromatic N) is 4. The molecule has 168 valence electrons. The molecule has 4 heterocycles. The van der Waals surface area contributed by atoms with Gasteiger partial charge in [0, 0.05) is 30.8 Å². The molecule has 0 bridgehead atoms. The number of allylic oxidation sites excluding steroid dienone is 1. The molecule has 3 unspecified atom stereocenters. The van der Waals surface area contributed by atoms with Gasteiger partial charge in [-0.2, -0.15) is 0 Å². The van der Waals surface area contributed by atoms with Crippen molar-refractivity contribution in [3.05, 3.63) is 23.8 Å². The van der Waals surface area contributed by atoms with Gasteiger partial charge in [0.05, 0.1) is 25.0 Å². The van der Waals surface area contributed by atoms with E-state index in [9.17, 15) is 12.8 Å². The molecule has 1 aliphatic carbocycles. The lowest BCUT2D eigenvalue weighted by molar-refractivity contribution is 0.0689. The van der Waals surface area contributed by atoms with Gasteiger partial charge in [-0.05, 0) is 26.7 Å². The number of halogens is 1. The first-order chi connectivity index (χ1) is 14.7. The highest BCUT2D eigenvalue weighted by Crippen LogP contribution is 2.46. The summed E-state index contributed by atoms with van der Waals surface area (Å²) >= 11 is 0. The van der Waals surface area contributed by atoms with E-state index < -0.39 is 20.8 Å². The van der Waals surface area contributed by atoms with Crippen molar-refractivity contribution in [3.63, 3.8) is 0 Å². The summed E-state index contributed by atoms with van der Waals surface area (Å²) in [5, 5.41) is 0. The number of alkyl halides is 1. The van der Waals surface area contributed by atoms with Crippen molar-refractivity contribution in [2.24, 2.45) is 10.9 Å². The Bertz CT molecular complexity index is 1070. The maximum Gasteiger partial charge on any atom is 0.185 e. The normalized spacial score (nSPS) is 30.2. The number of anilines is 1. The molecule has 1 saturated carbocycles. The SMILES string of the molecule is CC(C)(c1nc(C2CCC(F)C3=NC=CC32)nc2c1OC[C@@H]1COCCN21)S(C)(=O)=O. The van der Waals surface area contributed by atoms with Gasteiger partial charge in [0.1, 0.15) is 29.0 Å². The summed E-state index contributed by atoms with van der Waals surface area (Å²) in [6.45, 7) is 5.41. The van der Waals surface area contributed by atoms with Gasteiger partial charge in [0.25, 0.3) is 0 Å². The van der Waals surface area contributed by atoms with Crippen LogP contribution in [0.5, 0.6) is 5.75 Å². The number of ether oxygens (including phenoxy) is 2. The molecule has 0 aromatic carbocycles. The van der Waals surface area contributed by atoms with Gasteiger partial charge < -0.3 is 14.4 Å². The summed E-state index contributed by atoms with van der Waals surface area (Å²) in [6, 6.07) is 0.0169. The average molecular weight is 451 g/mol. The minimum absolute atomic E-state index is 0.0169. The smallest absolute Gasteiger partial charge is 0.185 e. The number of hydrogen-bond donors (Lipinski definition) is 0. The van der Waals surface area contributed by atoms with Crippen LogP contribution in [0.15, 0.2) is 17.3 Å². The van der Waals surface area contributed by atoms with Crippen LogP contribution in [-0.2, 0) is 19.3 Å². The van der Waals surface area contributed by atoms with E-state index in [0.29, 0.717) is 68.0 Å². The third-order valence-electron chi connectivity index (χ3n) is 6.96. The second-order valence-electron chi connectivity index (χ2n) is 9.17. The molecule has 1 aromatic heterocycles. The zero-order valence-corrected chi connectivity index (χ0v) is 18.7. The van der Waals surface area contributed by atoms with Gasteiger partial charge in [0.2, 0.25) is 0 Å². The van der Waals surface area contributed by atoms with E-state index in [1.165, 1.54) is 6.26 Å². The van der Waals surface area contributed by atoms with E-state index in [-0.39, 0.29) is 17.9 Å². The Kier molecular flexibility index (Phi) is 4.85. The van der Waals surface area contributed by atoms with Crippen molar-refractivity contribution in [2.45, 2.75) is 49.6 Å². The van der Waals surface area contributed by atoms with Crippen LogP contribution in [0.4, 0.5) is 10.2 Å². The lowest BCUT2D eigenvalue weighted by atomic mass is 9.77. The van der Waals surface area contributed by atoms with Crippen LogP contribution in [0.2, 0.25) is 0 Å². The molecule has 0 N–H and O–H groups in total. The lowest BCUT2D eigenvalue weighted by Crippen LogP contribution is -2.52. The first kappa shape index (κ1) is 20.8. The molecule has 10 heteroatoms. The summed E-state index contributed by atoms with van der Waals surface area (Å²) in [5.74, 6) is 1.19. The fourth-order valence-electron chi connectivity index (χ4n) is 4.76. The Morgan fingerprint density at radius 2 is 2.03 bits per heavy atom. The zero-order chi connectivity index (χ0) is 22.0.